The normalized spacial score (nSPS) is 16.6. The van der Waals surface area contributed by atoms with E-state index in [9.17, 15) is 9.59 Å². The first kappa shape index (κ1) is 21.3. The van der Waals surface area contributed by atoms with Crippen molar-refractivity contribution in [3.63, 3.8) is 0 Å². The molecule has 29 heavy (non-hydrogen) atoms. The number of rotatable bonds is 6. The topological polar surface area (TPSA) is 72.2 Å². The molecule has 0 aliphatic heterocycles. The largest absolute Gasteiger partial charge is 0.365 e. The molecule has 1 aliphatic rings. The summed E-state index contributed by atoms with van der Waals surface area (Å²) in [7, 11) is 0. The van der Waals surface area contributed by atoms with Crippen LogP contribution in [-0.4, -0.2) is 11.8 Å². The molecule has 1 aromatic carbocycles. The van der Waals surface area contributed by atoms with Crippen LogP contribution in [-0.2, 0) is 17.6 Å². The van der Waals surface area contributed by atoms with Crippen LogP contribution in [0.2, 0.25) is 0 Å². The molecule has 1 aromatic heterocycles. The van der Waals surface area contributed by atoms with Gasteiger partial charge in [-0.05, 0) is 54.7 Å². The smallest absolute Gasteiger partial charge is 0.251 e. The van der Waals surface area contributed by atoms with Gasteiger partial charge in [-0.2, -0.15) is 0 Å². The molecular weight excluding hydrogens is 380 g/mol. The summed E-state index contributed by atoms with van der Waals surface area (Å²) in [6, 6.07) is 7.94. The van der Waals surface area contributed by atoms with Crippen LogP contribution in [0.25, 0.3) is 6.08 Å². The van der Waals surface area contributed by atoms with Gasteiger partial charge in [0.05, 0.1) is 5.56 Å². The molecule has 2 aromatic rings. The second-order valence-corrected chi connectivity index (χ2v) is 9.69. The third kappa shape index (κ3) is 4.78. The number of anilines is 1. The Morgan fingerprint density at radius 1 is 1.28 bits per heavy atom. The second kappa shape index (κ2) is 8.54. The maximum absolute atomic E-state index is 12.5. The Morgan fingerprint density at radius 2 is 1.97 bits per heavy atom. The number of thiophene rings is 1. The van der Waals surface area contributed by atoms with Gasteiger partial charge in [0.1, 0.15) is 5.00 Å². The van der Waals surface area contributed by atoms with Gasteiger partial charge in [0.2, 0.25) is 5.91 Å². The van der Waals surface area contributed by atoms with Gasteiger partial charge in [-0.3, -0.25) is 9.59 Å². The Labute approximate surface area is 177 Å². The highest BCUT2D eigenvalue weighted by molar-refractivity contribution is 7.17. The summed E-state index contributed by atoms with van der Waals surface area (Å²) in [6.45, 7) is 8.87. The minimum Gasteiger partial charge on any atom is -0.365 e. The lowest BCUT2D eigenvalue weighted by molar-refractivity contribution is -0.111. The van der Waals surface area contributed by atoms with Gasteiger partial charge in [0.25, 0.3) is 5.91 Å². The van der Waals surface area contributed by atoms with Crippen molar-refractivity contribution >= 4 is 34.2 Å². The van der Waals surface area contributed by atoms with E-state index in [1.54, 1.807) is 6.08 Å². The molecular formula is C24H30N2O2S. The molecule has 4 nitrogen and oxygen atoms in total. The van der Waals surface area contributed by atoms with Gasteiger partial charge in [0, 0.05) is 11.0 Å². The molecule has 1 atom stereocenters. The first-order valence-corrected chi connectivity index (χ1v) is 11.0. The molecule has 1 heterocycles. The summed E-state index contributed by atoms with van der Waals surface area (Å²) in [5, 5.41) is 3.47. The zero-order valence-electron chi connectivity index (χ0n) is 17.7. The van der Waals surface area contributed by atoms with Crippen LogP contribution < -0.4 is 11.1 Å². The van der Waals surface area contributed by atoms with Gasteiger partial charge in [-0.25, -0.2) is 0 Å². The number of hydrogen-bond acceptors (Lipinski definition) is 3. The second-order valence-electron chi connectivity index (χ2n) is 8.59. The highest BCUT2D eigenvalue weighted by Crippen LogP contribution is 2.45. The van der Waals surface area contributed by atoms with Gasteiger partial charge in [-0.1, -0.05) is 57.0 Å². The van der Waals surface area contributed by atoms with Crippen molar-refractivity contribution in [1.82, 2.24) is 0 Å². The molecule has 3 N–H and O–H groups in total. The summed E-state index contributed by atoms with van der Waals surface area (Å²) in [4.78, 5) is 25.8. The number of hydrogen-bond donors (Lipinski definition) is 2. The molecule has 0 saturated heterocycles. The molecule has 0 saturated carbocycles. The van der Waals surface area contributed by atoms with Crippen molar-refractivity contribution in [2.75, 3.05) is 5.32 Å². The fourth-order valence-corrected chi connectivity index (χ4v) is 5.23. The van der Waals surface area contributed by atoms with E-state index >= 15 is 0 Å². The molecule has 5 heteroatoms. The summed E-state index contributed by atoms with van der Waals surface area (Å²) < 4.78 is 0. The summed E-state index contributed by atoms with van der Waals surface area (Å²) in [5.74, 6) is -0.144. The van der Waals surface area contributed by atoms with Gasteiger partial charge < -0.3 is 11.1 Å². The third-order valence-corrected chi connectivity index (χ3v) is 7.44. The van der Waals surface area contributed by atoms with Crippen molar-refractivity contribution in [2.45, 2.75) is 53.4 Å². The number of aryl methyl sites for hydroxylation is 1. The predicted molar refractivity (Wildman–Crippen MR) is 121 cm³/mol. The molecule has 154 valence electrons. The Kier molecular flexibility index (Phi) is 6.27. The standard InChI is InChI=1S/C24H30N2O2S/c1-5-24(3,4)17-11-12-18-19(14-17)29-23(21(18)22(25)28)26-20(27)13-10-16-8-6-15(2)7-9-16/h6-10,13,17H,5,11-12,14H2,1-4H3,(H2,25,28)(H,26,27). The Bertz CT molecular complexity index is 939. The van der Waals surface area contributed by atoms with Crippen LogP contribution in [0.15, 0.2) is 30.3 Å². The Balaban J connectivity index is 1.80. The fraction of sp³-hybridized carbons (Fsp3) is 0.417. The highest BCUT2D eigenvalue weighted by atomic mass is 32.1. The third-order valence-electron chi connectivity index (χ3n) is 6.27. The number of amides is 2. The van der Waals surface area contributed by atoms with Crippen LogP contribution in [0.4, 0.5) is 5.00 Å². The quantitative estimate of drug-likeness (QED) is 0.630. The lowest BCUT2D eigenvalue weighted by atomic mass is 9.69. The molecule has 2 amide bonds. The molecule has 0 spiro atoms. The van der Waals surface area contributed by atoms with Crippen LogP contribution >= 0.6 is 11.3 Å². The molecule has 1 aliphatic carbocycles. The zero-order valence-corrected chi connectivity index (χ0v) is 18.5. The van der Waals surface area contributed by atoms with E-state index in [0.717, 1.165) is 36.8 Å². The van der Waals surface area contributed by atoms with Crippen molar-refractivity contribution in [3.8, 4) is 0 Å². The first-order valence-electron chi connectivity index (χ1n) is 10.2. The van der Waals surface area contributed by atoms with E-state index < -0.39 is 5.91 Å². The number of nitrogens with one attached hydrogen (secondary N) is 1. The van der Waals surface area contributed by atoms with E-state index in [2.05, 4.69) is 26.1 Å². The van der Waals surface area contributed by atoms with E-state index in [1.807, 2.05) is 31.2 Å². The lowest BCUT2D eigenvalue weighted by Crippen LogP contribution is -2.29. The number of carbonyl (C=O) groups excluding carboxylic acids is 2. The van der Waals surface area contributed by atoms with E-state index in [0.29, 0.717) is 16.5 Å². The highest BCUT2D eigenvalue weighted by Gasteiger charge is 2.34. The van der Waals surface area contributed by atoms with Crippen LogP contribution in [0.1, 0.15) is 65.5 Å². The van der Waals surface area contributed by atoms with Crippen molar-refractivity contribution in [3.05, 3.63) is 57.5 Å². The summed E-state index contributed by atoms with van der Waals surface area (Å²) in [6.07, 6.45) is 7.21. The number of primary amides is 1. The van der Waals surface area contributed by atoms with Crippen molar-refractivity contribution in [1.29, 1.82) is 0 Å². The fourth-order valence-electron chi connectivity index (χ4n) is 3.89. The number of fused-ring (bicyclic) bond motifs is 1. The number of benzene rings is 1. The minimum absolute atomic E-state index is 0.253. The number of nitrogens with two attached hydrogens (primary N) is 1. The van der Waals surface area contributed by atoms with E-state index in [-0.39, 0.29) is 11.3 Å². The van der Waals surface area contributed by atoms with Crippen LogP contribution in [0.5, 0.6) is 0 Å². The van der Waals surface area contributed by atoms with E-state index in [4.69, 9.17) is 5.73 Å². The minimum atomic E-state index is -0.464. The summed E-state index contributed by atoms with van der Waals surface area (Å²) >= 11 is 1.51. The molecule has 0 radical (unpaired) electrons. The Morgan fingerprint density at radius 3 is 2.59 bits per heavy atom. The maximum atomic E-state index is 12.5. The molecule has 1 unspecified atom stereocenters. The van der Waals surface area contributed by atoms with Crippen LogP contribution in [0, 0.1) is 18.3 Å². The van der Waals surface area contributed by atoms with Crippen LogP contribution in [0.3, 0.4) is 0 Å². The monoisotopic (exact) mass is 410 g/mol. The Hall–Kier alpha value is -2.40. The number of carbonyl (C=O) groups is 2. The molecule has 3 rings (SSSR count). The lowest BCUT2D eigenvalue weighted by Gasteiger charge is -2.36. The van der Waals surface area contributed by atoms with Crippen molar-refractivity contribution < 1.29 is 9.59 Å². The maximum Gasteiger partial charge on any atom is 0.251 e. The van der Waals surface area contributed by atoms with Gasteiger partial charge in [0.15, 0.2) is 0 Å². The van der Waals surface area contributed by atoms with Gasteiger partial charge >= 0.3 is 0 Å². The predicted octanol–water partition coefficient (Wildman–Crippen LogP) is 5.35. The zero-order chi connectivity index (χ0) is 21.2. The SMILES string of the molecule is CCC(C)(C)C1CCc2c(sc(NC(=O)C=Cc3ccc(C)cc3)c2C(N)=O)C1. The summed E-state index contributed by atoms with van der Waals surface area (Å²) in [5.41, 5.74) is 9.60. The molecule has 0 bridgehead atoms. The molecule has 0 fully saturated rings. The average molecular weight is 411 g/mol. The first-order chi connectivity index (χ1) is 13.7. The van der Waals surface area contributed by atoms with E-state index in [1.165, 1.54) is 27.9 Å². The van der Waals surface area contributed by atoms with Crippen molar-refractivity contribution in [2.24, 2.45) is 17.1 Å². The average Bonchev–Trinajstić information content (AvgIpc) is 3.04. The van der Waals surface area contributed by atoms with Gasteiger partial charge in [-0.15, -0.1) is 11.3 Å².